The molecule has 1 amide bonds. The molecule has 1 aliphatic heterocycles. The Morgan fingerprint density at radius 2 is 1.75 bits per heavy atom. The molecule has 2 aromatic heterocycles. The van der Waals surface area contributed by atoms with Crippen LogP contribution in [0.2, 0.25) is 0 Å². The first-order valence-corrected chi connectivity index (χ1v) is 12.5. The molecule has 2 aliphatic rings. The Bertz CT molecular complexity index is 1400. The van der Waals surface area contributed by atoms with E-state index in [1.54, 1.807) is 0 Å². The molecule has 4 N–H and O–H groups in total. The summed E-state index contributed by atoms with van der Waals surface area (Å²) in [7, 11) is 0. The zero-order chi connectivity index (χ0) is 24.6. The van der Waals surface area contributed by atoms with Crippen LogP contribution in [0.25, 0.3) is 33.4 Å². The lowest BCUT2D eigenvalue weighted by molar-refractivity contribution is 0.0172. The molecule has 0 radical (unpaired) electrons. The topological polar surface area (TPSA) is 112 Å². The number of nitrogens with zero attached hydrogens (tertiary/aromatic N) is 4. The van der Waals surface area contributed by atoms with Gasteiger partial charge in [-0.3, -0.25) is 9.69 Å². The number of amides is 1. The summed E-state index contributed by atoms with van der Waals surface area (Å²) < 4.78 is 7.26. The third kappa shape index (κ3) is 4.23. The Kier molecular flexibility index (Phi) is 5.91. The highest BCUT2D eigenvalue weighted by atomic mass is 16.5. The van der Waals surface area contributed by atoms with E-state index in [1.807, 2.05) is 59.3 Å². The summed E-state index contributed by atoms with van der Waals surface area (Å²) in [4.78, 5) is 19.8. The number of carbonyl (C=O) groups is 1. The quantitative estimate of drug-likeness (QED) is 0.433. The van der Waals surface area contributed by atoms with Gasteiger partial charge < -0.3 is 16.2 Å². The average Bonchev–Trinajstić information content (AvgIpc) is 3.23. The molecule has 2 fully saturated rings. The molecule has 4 aromatic rings. The number of primary amides is 1. The molecule has 184 valence electrons. The van der Waals surface area contributed by atoms with Gasteiger partial charge in [0.1, 0.15) is 17.1 Å². The molecule has 8 nitrogen and oxygen atoms in total. The fourth-order valence-corrected chi connectivity index (χ4v) is 5.40. The lowest BCUT2D eigenvalue weighted by atomic mass is 9.80. The fourth-order valence-electron chi connectivity index (χ4n) is 5.40. The maximum atomic E-state index is 12.4. The van der Waals surface area contributed by atoms with Crippen LogP contribution < -0.4 is 11.5 Å². The van der Waals surface area contributed by atoms with Crippen molar-refractivity contribution in [2.75, 3.05) is 38.6 Å². The number of aromatic nitrogens is 3. The molecule has 36 heavy (non-hydrogen) atoms. The van der Waals surface area contributed by atoms with E-state index in [0.717, 1.165) is 73.4 Å². The lowest BCUT2D eigenvalue weighted by Crippen LogP contribution is -2.43. The molecule has 8 heteroatoms. The minimum absolute atomic E-state index is 0.172. The van der Waals surface area contributed by atoms with Crippen molar-refractivity contribution in [3.8, 4) is 22.5 Å². The second kappa shape index (κ2) is 9.37. The predicted octanol–water partition coefficient (Wildman–Crippen LogP) is 3.73. The summed E-state index contributed by atoms with van der Waals surface area (Å²) in [5, 5.41) is 5.83. The van der Waals surface area contributed by atoms with Crippen LogP contribution in [0.1, 0.15) is 29.2 Å². The van der Waals surface area contributed by atoms with E-state index in [4.69, 9.17) is 26.3 Å². The van der Waals surface area contributed by atoms with Crippen molar-refractivity contribution in [2.45, 2.75) is 18.9 Å². The molecule has 6 rings (SSSR count). The van der Waals surface area contributed by atoms with Gasteiger partial charge in [-0.25, -0.2) is 9.67 Å². The van der Waals surface area contributed by atoms with Crippen molar-refractivity contribution >= 4 is 22.6 Å². The lowest BCUT2D eigenvalue weighted by Gasteiger charge is -2.39. The van der Waals surface area contributed by atoms with Gasteiger partial charge in [0.2, 0.25) is 0 Å². The van der Waals surface area contributed by atoms with Gasteiger partial charge in [-0.05, 0) is 30.9 Å². The summed E-state index contributed by atoms with van der Waals surface area (Å²) in [6.07, 6.45) is 1.97. The first-order valence-electron chi connectivity index (χ1n) is 12.5. The molecule has 0 unspecified atom stereocenters. The van der Waals surface area contributed by atoms with Gasteiger partial charge in [0, 0.05) is 36.1 Å². The third-order valence-corrected chi connectivity index (χ3v) is 7.41. The van der Waals surface area contributed by atoms with Crippen molar-refractivity contribution in [3.05, 3.63) is 66.2 Å². The zero-order valence-electron chi connectivity index (χ0n) is 20.1. The van der Waals surface area contributed by atoms with Crippen LogP contribution in [0.3, 0.4) is 0 Å². The number of fused-ring (bicyclic) bond motifs is 1. The molecule has 2 aromatic carbocycles. The Hall–Kier alpha value is -3.75. The van der Waals surface area contributed by atoms with Gasteiger partial charge in [0.15, 0.2) is 0 Å². The molecule has 3 heterocycles. The maximum Gasteiger partial charge on any atom is 0.254 e. The van der Waals surface area contributed by atoms with E-state index in [2.05, 4.69) is 11.0 Å². The van der Waals surface area contributed by atoms with Crippen molar-refractivity contribution in [1.29, 1.82) is 0 Å². The van der Waals surface area contributed by atoms with Crippen molar-refractivity contribution in [1.82, 2.24) is 19.7 Å². The van der Waals surface area contributed by atoms with Gasteiger partial charge in [-0.2, -0.15) is 5.10 Å². The maximum absolute atomic E-state index is 12.4. The molecule has 1 saturated carbocycles. The van der Waals surface area contributed by atoms with E-state index in [1.165, 1.54) is 0 Å². The number of rotatable bonds is 6. The first-order chi connectivity index (χ1) is 17.6. The molecular weight excluding hydrogens is 452 g/mol. The average molecular weight is 483 g/mol. The van der Waals surface area contributed by atoms with Crippen LogP contribution in [0.15, 0.2) is 60.7 Å². The largest absolute Gasteiger partial charge is 0.383 e. The molecule has 0 bridgehead atoms. The van der Waals surface area contributed by atoms with E-state index in [0.29, 0.717) is 17.4 Å². The molecule has 0 atom stereocenters. The number of anilines is 1. The highest BCUT2D eigenvalue weighted by Crippen LogP contribution is 2.41. The Balaban J connectivity index is 1.29. The monoisotopic (exact) mass is 482 g/mol. The number of nitrogen functional groups attached to an aromatic ring is 1. The molecule has 1 aliphatic carbocycles. The zero-order valence-corrected chi connectivity index (χ0v) is 20.1. The number of benzene rings is 2. The molecule has 0 spiro atoms. The number of hydrogen-bond donors (Lipinski definition) is 2. The normalized spacial score (nSPS) is 20.3. The van der Waals surface area contributed by atoms with E-state index in [-0.39, 0.29) is 11.6 Å². The third-order valence-electron chi connectivity index (χ3n) is 7.41. The van der Waals surface area contributed by atoms with Crippen molar-refractivity contribution in [3.63, 3.8) is 0 Å². The smallest absolute Gasteiger partial charge is 0.254 e. The number of hydrogen-bond acceptors (Lipinski definition) is 6. The first kappa shape index (κ1) is 22.7. The highest BCUT2D eigenvalue weighted by Gasteiger charge is 2.35. The van der Waals surface area contributed by atoms with E-state index >= 15 is 0 Å². The van der Waals surface area contributed by atoms with Crippen LogP contribution in [0.4, 0.5) is 5.82 Å². The van der Waals surface area contributed by atoms with E-state index < -0.39 is 5.91 Å². The predicted molar refractivity (Wildman–Crippen MR) is 140 cm³/mol. The van der Waals surface area contributed by atoms with Gasteiger partial charge >= 0.3 is 0 Å². The van der Waals surface area contributed by atoms with Gasteiger partial charge in [-0.1, -0.05) is 48.5 Å². The standard InChI is InChI=1S/C28H30N6O2/c29-27-25(28(30)35)26(32-34(27)22-14-18(15-22)17-33-10-12-36-13-11-33)21-7-6-20-8-9-23(31-24(20)16-21)19-4-2-1-3-5-19/h1-9,16,18,22H,10-15,17,29H2,(H2,30,35)/t18-,22+. The van der Waals surface area contributed by atoms with Gasteiger partial charge in [-0.15, -0.1) is 0 Å². The minimum Gasteiger partial charge on any atom is -0.383 e. The summed E-state index contributed by atoms with van der Waals surface area (Å²) in [5.74, 6) is 0.376. The molecular formula is C28H30N6O2. The van der Waals surface area contributed by atoms with Crippen LogP contribution in [0.5, 0.6) is 0 Å². The van der Waals surface area contributed by atoms with Crippen LogP contribution in [-0.4, -0.2) is 58.4 Å². The van der Waals surface area contributed by atoms with Crippen LogP contribution in [-0.2, 0) is 4.74 Å². The second-order valence-corrected chi connectivity index (χ2v) is 9.79. The van der Waals surface area contributed by atoms with Crippen molar-refractivity contribution < 1.29 is 9.53 Å². The SMILES string of the molecule is NC(=O)c1c(-c2ccc3ccc(-c4ccccc4)nc3c2)nn([C@H]2C[C@@H](CN3CCOCC3)C2)c1N. The highest BCUT2D eigenvalue weighted by molar-refractivity contribution is 6.04. The number of nitrogens with two attached hydrogens (primary N) is 2. The number of ether oxygens (including phenoxy) is 1. The summed E-state index contributed by atoms with van der Waals surface area (Å²) in [6.45, 7) is 4.66. The fraction of sp³-hybridized carbons (Fsp3) is 0.321. The van der Waals surface area contributed by atoms with Crippen LogP contribution >= 0.6 is 0 Å². The van der Waals surface area contributed by atoms with Crippen LogP contribution in [0, 0.1) is 5.92 Å². The Morgan fingerprint density at radius 3 is 2.50 bits per heavy atom. The number of morpholine rings is 1. The van der Waals surface area contributed by atoms with Crippen molar-refractivity contribution in [2.24, 2.45) is 11.7 Å². The van der Waals surface area contributed by atoms with E-state index in [9.17, 15) is 4.79 Å². The van der Waals surface area contributed by atoms with Gasteiger partial charge in [0.05, 0.1) is 30.5 Å². The molecule has 1 saturated heterocycles. The second-order valence-electron chi connectivity index (χ2n) is 9.79. The summed E-state index contributed by atoms with van der Waals surface area (Å²) >= 11 is 0. The Labute approximate surface area is 209 Å². The minimum atomic E-state index is -0.566. The van der Waals surface area contributed by atoms with Gasteiger partial charge in [0.25, 0.3) is 5.91 Å². The summed E-state index contributed by atoms with van der Waals surface area (Å²) in [6, 6.07) is 20.2. The summed E-state index contributed by atoms with van der Waals surface area (Å²) in [5.41, 5.74) is 16.6. The number of carbonyl (C=O) groups excluding carboxylic acids is 1. The Morgan fingerprint density at radius 1 is 1.00 bits per heavy atom. The number of pyridine rings is 1.